The smallest absolute Gasteiger partial charge is 0.257 e. The number of para-hydroxylation sites is 1. The summed E-state index contributed by atoms with van der Waals surface area (Å²) < 4.78 is 24.7. The van der Waals surface area contributed by atoms with Crippen molar-refractivity contribution < 1.29 is 18.4 Å². The maximum absolute atomic E-state index is 13.3. The van der Waals surface area contributed by atoms with Crippen molar-refractivity contribution in [2.75, 3.05) is 13.1 Å². The van der Waals surface area contributed by atoms with E-state index < -0.39 is 0 Å². The highest BCUT2D eigenvalue weighted by Gasteiger charge is 2.31. The van der Waals surface area contributed by atoms with Gasteiger partial charge in [0, 0.05) is 18.7 Å². The molecule has 0 radical (unpaired) electrons. The third-order valence-corrected chi connectivity index (χ3v) is 6.07. The number of benzene rings is 2. The summed E-state index contributed by atoms with van der Waals surface area (Å²) in [5.74, 6) is 1.23. The lowest BCUT2D eigenvalue weighted by Crippen LogP contribution is -2.39. The van der Waals surface area contributed by atoms with Crippen LogP contribution in [0.4, 0.5) is 4.39 Å². The van der Waals surface area contributed by atoms with Crippen LogP contribution in [0.25, 0.3) is 11.4 Å². The Bertz CT molecular complexity index is 1060. The monoisotopic (exact) mass is 421 g/mol. The summed E-state index contributed by atoms with van der Waals surface area (Å²) in [6.07, 6.45) is 5.21. The van der Waals surface area contributed by atoms with Crippen LogP contribution in [0, 0.1) is 5.82 Å². The van der Waals surface area contributed by atoms with E-state index in [1.54, 1.807) is 12.1 Å². The van der Waals surface area contributed by atoms with Crippen LogP contribution in [0.1, 0.15) is 54.3 Å². The van der Waals surface area contributed by atoms with Gasteiger partial charge in [0.1, 0.15) is 11.6 Å². The van der Waals surface area contributed by atoms with E-state index in [1.165, 1.54) is 18.6 Å². The van der Waals surface area contributed by atoms with Crippen LogP contribution in [-0.4, -0.2) is 40.1 Å². The topological polar surface area (TPSA) is 68.5 Å². The molecule has 0 bridgehead atoms. The van der Waals surface area contributed by atoms with Gasteiger partial charge in [0.25, 0.3) is 5.91 Å². The Hall–Kier alpha value is -3.22. The molecule has 1 amide bonds. The molecule has 2 aliphatic rings. The largest absolute Gasteiger partial charge is 0.490 e. The number of hydrogen-bond acceptors (Lipinski definition) is 5. The normalized spacial score (nSPS) is 19.1. The Morgan fingerprint density at radius 3 is 2.65 bits per heavy atom. The number of carbonyl (C=O) groups excluding carboxylic acids is 1. The predicted molar refractivity (Wildman–Crippen MR) is 112 cm³/mol. The molecule has 2 fully saturated rings. The zero-order valence-electron chi connectivity index (χ0n) is 17.2. The summed E-state index contributed by atoms with van der Waals surface area (Å²) in [7, 11) is 0. The molecule has 1 unspecified atom stereocenters. The van der Waals surface area contributed by atoms with Gasteiger partial charge in [-0.25, -0.2) is 4.39 Å². The van der Waals surface area contributed by atoms with Crippen molar-refractivity contribution in [3.8, 4) is 17.1 Å². The maximum Gasteiger partial charge on any atom is 0.257 e. The Kier molecular flexibility index (Phi) is 5.40. The Morgan fingerprint density at radius 2 is 1.87 bits per heavy atom. The quantitative estimate of drug-likeness (QED) is 0.590. The van der Waals surface area contributed by atoms with E-state index in [9.17, 15) is 9.18 Å². The van der Waals surface area contributed by atoms with Gasteiger partial charge in [-0.1, -0.05) is 17.3 Å². The highest BCUT2D eigenvalue weighted by atomic mass is 19.1. The minimum absolute atomic E-state index is 0.0286. The Morgan fingerprint density at radius 1 is 1.06 bits per heavy atom. The minimum Gasteiger partial charge on any atom is -0.490 e. The first kappa shape index (κ1) is 19.7. The van der Waals surface area contributed by atoms with Crippen molar-refractivity contribution in [1.82, 2.24) is 15.0 Å². The zero-order chi connectivity index (χ0) is 21.2. The number of amides is 1. The van der Waals surface area contributed by atoms with Crippen molar-refractivity contribution >= 4 is 5.91 Å². The number of carbonyl (C=O) groups is 1. The molecular formula is C24H24FN3O3. The summed E-state index contributed by atoms with van der Waals surface area (Å²) in [4.78, 5) is 19.6. The molecule has 160 valence electrons. The van der Waals surface area contributed by atoms with Crippen LogP contribution in [0.2, 0.25) is 0 Å². The van der Waals surface area contributed by atoms with Crippen molar-refractivity contribution in [1.29, 1.82) is 0 Å². The standard InChI is InChI=1S/C24H24FN3O3/c25-18-12-10-16(11-13-18)22-26-23(31-27-22)17-5-4-14-28(15-17)24(29)20-8-1-2-9-21(20)30-19-6-3-7-19/h1-2,8-13,17,19H,3-7,14-15H2. The number of ether oxygens (including phenoxy) is 1. The molecule has 1 saturated heterocycles. The fourth-order valence-corrected chi connectivity index (χ4v) is 4.07. The lowest BCUT2D eigenvalue weighted by atomic mass is 9.95. The molecule has 1 aliphatic carbocycles. The van der Waals surface area contributed by atoms with Crippen LogP contribution >= 0.6 is 0 Å². The van der Waals surface area contributed by atoms with Crippen LogP contribution in [-0.2, 0) is 0 Å². The van der Waals surface area contributed by atoms with E-state index >= 15 is 0 Å². The molecule has 5 rings (SSSR count). The predicted octanol–water partition coefficient (Wildman–Crippen LogP) is 4.83. The van der Waals surface area contributed by atoms with Gasteiger partial charge in [-0.05, 0) is 68.5 Å². The van der Waals surface area contributed by atoms with Crippen molar-refractivity contribution in [2.24, 2.45) is 0 Å². The van der Waals surface area contributed by atoms with E-state index in [0.717, 1.165) is 25.7 Å². The number of rotatable bonds is 5. The third-order valence-electron chi connectivity index (χ3n) is 6.07. The van der Waals surface area contributed by atoms with Crippen LogP contribution < -0.4 is 4.74 Å². The summed E-state index contributed by atoms with van der Waals surface area (Å²) in [5, 5.41) is 4.05. The summed E-state index contributed by atoms with van der Waals surface area (Å²) in [5.41, 5.74) is 1.30. The molecule has 0 spiro atoms. The number of nitrogens with zero attached hydrogens (tertiary/aromatic N) is 3. The molecule has 3 aromatic rings. The third kappa shape index (κ3) is 4.17. The molecule has 1 atom stereocenters. The van der Waals surface area contributed by atoms with E-state index in [4.69, 9.17) is 9.26 Å². The van der Waals surface area contributed by atoms with Gasteiger partial charge in [0.05, 0.1) is 17.6 Å². The first-order valence-electron chi connectivity index (χ1n) is 10.8. The number of halogens is 1. The molecular weight excluding hydrogens is 397 g/mol. The lowest BCUT2D eigenvalue weighted by Gasteiger charge is -2.32. The van der Waals surface area contributed by atoms with Crippen LogP contribution in [0.15, 0.2) is 53.1 Å². The summed E-state index contributed by atoms with van der Waals surface area (Å²) >= 11 is 0. The first-order valence-corrected chi connectivity index (χ1v) is 10.8. The molecule has 2 aromatic carbocycles. The van der Waals surface area contributed by atoms with Gasteiger partial charge in [-0.2, -0.15) is 4.98 Å². The highest BCUT2D eigenvalue weighted by Crippen LogP contribution is 2.31. The van der Waals surface area contributed by atoms with Crippen molar-refractivity contribution in [3.05, 3.63) is 65.8 Å². The number of likely N-dealkylation sites (tertiary alicyclic amines) is 1. The Balaban J connectivity index is 1.31. The molecule has 31 heavy (non-hydrogen) atoms. The molecule has 0 N–H and O–H groups in total. The molecule has 7 heteroatoms. The van der Waals surface area contributed by atoms with Gasteiger partial charge in [-0.3, -0.25) is 4.79 Å². The van der Waals surface area contributed by atoms with Crippen molar-refractivity contribution in [3.63, 3.8) is 0 Å². The zero-order valence-corrected chi connectivity index (χ0v) is 17.2. The summed E-state index contributed by atoms with van der Waals surface area (Å²) in [6, 6.07) is 13.5. The minimum atomic E-state index is -0.310. The van der Waals surface area contributed by atoms with Gasteiger partial charge < -0.3 is 14.2 Å². The van der Waals surface area contributed by atoms with E-state index in [1.807, 2.05) is 29.2 Å². The number of hydrogen-bond donors (Lipinski definition) is 0. The van der Waals surface area contributed by atoms with Crippen LogP contribution in [0.3, 0.4) is 0 Å². The van der Waals surface area contributed by atoms with Gasteiger partial charge in [0.15, 0.2) is 0 Å². The van der Waals surface area contributed by atoms with E-state index in [0.29, 0.717) is 41.7 Å². The lowest BCUT2D eigenvalue weighted by molar-refractivity contribution is 0.0679. The second kappa shape index (κ2) is 8.49. The summed E-state index contributed by atoms with van der Waals surface area (Å²) in [6.45, 7) is 1.20. The molecule has 1 aromatic heterocycles. The fraction of sp³-hybridized carbons (Fsp3) is 0.375. The van der Waals surface area contributed by atoms with Gasteiger partial charge >= 0.3 is 0 Å². The maximum atomic E-state index is 13.3. The highest BCUT2D eigenvalue weighted by molar-refractivity contribution is 5.97. The van der Waals surface area contributed by atoms with Crippen LogP contribution in [0.5, 0.6) is 5.75 Å². The van der Waals surface area contributed by atoms with E-state index in [-0.39, 0.29) is 23.7 Å². The van der Waals surface area contributed by atoms with Gasteiger partial charge in [-0.15, -0.1) is 0 Å². The number of piperidine rings is 1. The average molecular weight is 421 g/mol. The second-order valence-corrected chi connectivity index (χ2v) is 8.22. The number of aromatic nitrogens is 2. The van der Waals surface area contributed by atoms with Crippen molar-refractivity contribution in [2.45, 2.75) is 44.1 Å². The molecule has 6 nitrogen and oxygen atoms in total. The van der Waals surface area contributed by atoms with E-state index in [2.05, 4.69) is 10.1 Å². The Labute approximate surface area is 180 Å². The van der Waals surface area contributed by atoms with Gasteiger partial charge in [0.2, 0.25) is 11.7 Å². The second-order valence-electron chi connectivity index (χ2n) is 8.22. The fourth-order valence-electron chi connectivity index (χ4n) is 4.07. The SMILES string of the molecule is O=C(c1ccccc1OC1CCC1)N1CCCC(c2nc(-c3ccc(F)cc3)no2)C1. The first-order chi connectivity index (χ1) is 15.2. The molecule has 1 saturated carbocycles. The molecule has 2 heterocycles. The molecule has 1 aliphatic heterocycles. The average Bonchev–Trinajstić information content (AvgIpc) is 3.27.